The van der Waals surface area contributed by atoms with Crippen molar-refractivity contribution >= 4 is 23.3 Å². The molecule has 2 saturated heterocycles. The summed E-state index contributed by atoms with van der Waals surface area (Å²) < 4.78 is 5.84. The van der Waals surface area contributed by atoms with Crippen LogP contribution < -0.4 is 5.32 Å². The van der Waals surface area contributed by atoms with Crippen LogP contribution >= 0.6 is 11.6 Å². The summed E-state index contributed by atoms with van der Waals surface area (Å²) in [7, 11) is 0. The van der Waals surface area contributed by atoms with Crippen molar-refractivity contribution in [3.63, 3.8) is 0 Å². The van der Waals surface area contributed by atoms with E-state index in [0.717, 1.165) is 80.2 Å². The quantitative estimate of drug-likeness (QED) is 0.741. The van der Waals surface area contributed by atoms with Gasteiger partial charge in [0.1, 0.15) is 0 Å². The predicted molar refractivity (Wildman–Crippen MR) is 120 cm³/mol. The number of nitrogens with zero attached hydrogens (tertiary/aromatic N) is 2. The Labute approximate surface area is 180 Å². The first-order chi connectivity index (χ1) is 13.9. The van der Waals surface area contributed by atoms with Crippen LogP contribution in [0.25, 0.3) is 0 Å². The number of rotatable bonds is 5. The van der Waals surface area contributed by atoms with Gasteiger partial charge in [-0.15, -0.1) is 0 Å². The van der Waals surface area contributed by atoms with Crippen molar-refractivity contribution in [2.75, 3.05) is 38.0 Å². The lowest BCUT2D eigenvalue weighted by Gasteiger charge is -2.39. The fraction of sp³-hybridized carbons (Fsp3) is 0.696. The molecule has 1 aromatic rings. The molecule has 1 N–H and O–H groups in total. The molecule has 0 radical (unpaired) electrons. The van der Waals surface area contributed by atoms with Gasteiger partial charge in [-0.25, -0.2) is 4.79 Å². The van der Waals surface area contributed by atoms with Crippen molar-refractivity contribution in [1.82, 2.24) is 9.80 Å². The van der Waals surface area contributed by atoms with Gasteiger partial charge in [0.25, 0.3) is 0 Å². The maximum absolute atomic E-state index is 12.9. The molecule has 29 heavy (non-hydrogen) atoms. The Morgan fingerprint density at radius 3 is 2.38 bits per heavy atom. The smallest absolute Gasteiger partial charge is 0.321 e. The highest BCUT2D eigenvalue weighted by Crippen LogP contribution is 2.30. The van der Waals surface area contributed by atoms with Gasteiger partial charge in [-0.1, -0.05) is 31.5 Å². The number of benzene rings is 1. The number of amides is 2. The second-order valence-corrected chi connectivity index (χ2v) is 9.01. The van der Waals surface area contributed by atoms with Crippen molar-refractivity contribution in [3.05, 3.63) is 28.3 Å². The van der Waals surface area contributed by atoms with E-state index < -0.39 is 0 Å². The van der Waals surface area contributed by atoms with Crippen LogP contribution in [0.3, 0.4) is 0 Å². The molecule has 2 aliphatic heterocycles. The zero-order valence-corrected chi connectivity index (χ0v) is 19.1. The summed E-state index contributed by atoms with van der Waals surface area (Å²) in [5, 5.41) is 3.90. The van der Waals surface area contributed by atoms with Crippen molar-refractivity contribution in [2.45, 2.75) is 65.6 Å². The number of carbonyl (C=O) groups excluding carboxylic acids is 1. The Kier molecular flexibility index (Phi) is 7.83. The Hall–Kier alpha value is -1.30. The molecule has 0 saturated carbocycles. The number of halogens is 1. The molecule has 0 aliphatic carbocycles. The highest BCUT2D eigenvalue weighted by atomic mass is 35.5. The molecule has 1 aromatic carbocycles. The third kappa shape index (κ3) is 5.65. The Morgan fingerprint density at radius 1 is 1.14 bits per heavy atom. The lowest BCUT2D eigenvalue weighted by atomic mass is 9.95. The number of likely N-dealkylation sites (tertiary alicyclic amines) is 1. The number of piperidine rings is 1. The van der Waals surface area contributed by atoms with Gasteiger partial charge >= 0.3 is 6.03 Å². The average Bonchev–Trinajstić information content (AvgIpc) is 2.68. The van der Waals surface area contributed by atoms with Gasteiger partial charge < -0.3 is 15.0 Å². The fourth-order valence-corrected chi connectivity index (χ4v) is 5.06. The lowest BCUT2D eigenvalue weighted by molar-refractivity contribution is -0.0728. The molecule has 162 valence electrons. The normalized spacial score (nSPS) is 24.0. The first-order valence-electron chi connectivity index (χ1n) is 11.1. The third-order valence-electron chi connectivity index (χ3n) is 6.22. The number of hydrogen-bond donors (Lipinski definition) is 1. The van der Waals surface area contributed by atoms with E-state index in [0.29, 0.717) is 18.1 Å². The van der Waals surface area contributed by atoms with E-state index in [-0.39, 0.29) is 6.03 Å². The van der Waals surface area contributed by atoms with Gasteiger partial charge in [-0.05, 0) is 62.6 Å². The minimum atomic E-state index is 0.00346. The molecule has 2 fully saturated rings. The fourth-order valence-electron chi connectivity index (χ4n) is 4.77. The molecule has 2 aliphatic rings. The van der Waals surface area contributed by atoms with Crippen molar-refractivity contribution in [1.29, 1.82) is 0 Å². The Bertz CT molecular complexity index is 694. The molecule has 2 atom stereocenters. The molecule has 2 unspecified atom stereocenters. The second kappa shape index (κ2) is 10.1. The van der Waals surface area contributed by atoms with E-state index in [1.54, 1.807) is 0 Å². The number of urea groups is 1. The Morgan fingerprint density at radius 2 is 1.79 bits per heavy atom. The minimum Gasteiger partial charge on any atom is -0.373 e. The minimum absolute atomic E-state index is 0.00346. The van der Waals surface area contributed by atoms with Crippen LogP contribution in [0.4, 0.5) is 10.5 Å². The first kappa shape index (κ1) is 22.4. The molecule has 6 heteroatoms. The van der Waals surface area contributed by atoms with Crippen molar-refractivity contribution < 1.29 is 9.53 Å². The van der Waals surface area contributed by atoms with Gasteiger partial charge in [0.15, 0.2) is 0 Å². The summed E-state index contributed by atoms with van der Waals surface area (Å²) in [5.41, 5.74) is 3.08. The Balaban J connectivity index is 1.55. The summed E-state index contributed by atoms with van der Waals surface area (Å²) in [6, 6.07) is 3.96. The van der Waals surface area contributed by atoms with E-state index in [1.807, 2.05) is 17.0 Å². The number of nitrogens with one attached hydrogen (secondary N) is 1. The van der Waals surface area contributed by atoms with Gasteiger partial charge in [0.2, 0.25) is 0 Å². The number of anilines is 1. The average molecular weight is 422 g/mol. The topological polar surface area (TPSA) is 44.8 Å². The molecular formula is C23H36ClN3O2. The van der Waals surface area contributed by atoms with Crippen LogP contribution in [0.5, 0.6) is 0 Å². The van der Waals surface area contributed by atoms with E-state index in [2.05, 4.69) is 37.9 Å². The van der Waals surface area contributed by atoms with Crippen molar-refractivity contribution in [2.24, 2.45) is 5.92 Å². The molecule has 2 heterocycles. The maximum atomic E-state index is 12.9. The lowest BCUT2D eigenvalue weighted by Crippen LogP contribution is -2.49. The standard InChI is InChI=1S/C23H36ClN3O2/c1-5-19-7-8-21(24)20(6-2)22(19)25-23(28)27-11-9-18(10-12-27)15-26-13-16(3)29-17(4)14-26/h7-8,16-18H,5-6,9-15H2,1-4H3,(H,25,28). The van der Waals surface area contributed by atoms with Crippen LogP contribution in [0, 0.1) is 5.92 Å². The predicted octanol–water partition coefficient (Wildman–Crippen LogP) is 4.82. The van der Waals surface area contributed by atoms with Crippen LogP contribution in [-0.2, 0) is 17.6 Å². The molecule has 0 aromatic heterocycles. The highest BCUT2D eigenvalue weighted by molar-refractivity contribution is 6.31. The van der Waals surface area contributed by atoms with Gasteiger partial charge in [0.05, 0.1) is 17.9 Å². The van der Waals surface area contributed by atoms with E-state index in [1.165, 1.54) is 0 Å². The molecule has 0 spiro atoms. The van der Waals surface area contributed by atoms with Gasteiger partial charge in [-0.3, -0.25) is 4.90 Å². The van der Waals surface area contributed by atoms with E-state index in [4.69, 9.17) is 16.3 Å². The monoisotopic (exact) mass is 421 g/mol. The molecular weight excluding hydrogens is 386 g/mol. The number of carbonyl (C=O) groups is 1. The summed E-state index contributed by atoms with van der Waals surface area (Å²) in [5.74, 6) is 0.653. The third-order valence-corrected chi connectivity index (χ3v) is 6.58. The number of aryl methyl sites for hydroxylation is 1. The number of morpholine rings is 1. The van der Waals surface area contributed by atoms with Crippen LogP contribution in [0.2, 0.25) is 5.02 Å². The van der Waals surface area contributed by atoms with E-state index >= 15 is 0 Å². The van der Waals surface area contributed by atoms with Gasteiger partial charge in [0, 0.05) is 37.7 Å². The SMILES string of the molecule is CCc1ccc(Cl)c(CC)c1NC(=O)N1CCC(CN2CC(C)OC(C)C2)CC1. The summed E-state index contributed by atoms with van der Waals surface area (Å²) in [6.45, 7) is 13.3. The van der Waals surface area contributed by atoms with E-state index in [9.17, 15) is 4.79 Å². The van der Waals surface area contributed by atoms with Crippen molar-refractivity contribution in [3.8, 4) is 0 Å². The summed E-state index contributed by atoms with van der Waals surface area (Å²) in [4.78, 5) is 17.4. The highest BCUT2D eigenvalue weighted by Gasteiger charge is 2.28. The molecule has 3 rings (SSSR count). The second-order valence-electron chi connectivity index (χ2n) is 8.60. The summed E-state index contributed by atoms with van der Waals surface area (Å²) >= 11 is 6.38. The molecule has 5 nitrogen and oxygen atoms in total. The van der Waals surface area contributed by atoms with Crippen LogP contribution in [0.15, 0.2) is 12.1 Å². The summed E-state index contributed by atoms with van der Waals surface area (Å²) in [6.07, 6.45) is 4.42. The molecule has 0 bridgehead atoms. The zero-order valence-electron chi connectivity index (χ0n) is 18.3. The maximum Gasteiger partial charge on any atom is 0.321 e. The van der Waals surface area contributed by atoms with Crippen LogP contribution in [-0.4, -0.2) is 60.8 Å². The molecule has 2 amide bonds. The first-order valence-corrected chi connectivity index (χ1v) is 11.5. The van der Waals surface area contributed by atoms with Crippen LogP contribution in [0.1, 0.15) is 51.7 Å². The number of ether oxygens (including phenoxy) is 1. The number of hydrogen-bond acceptors (Lipinski definition) is 3. The zero-order chi connectivity index (χ0) is 21.0. The largest absolute Gasteiger partial charge is 0.373 e. The van der Waals surface area contributed by atoms with Gasteiger partial charge in [-0.2, -0.15) is 0 Å².